The highest BCUT2D eigenvalue weighted by Gasteiger charge is 2.41. The minimum atomic E-state index is 0.00923. The minimum Gasteiger partial charge on any atom is -0.378 e. The molecule has 7 heteroatoms. The van der Waals surface area contributed by atoms with Crippen LogP contribution < -0.4 is 15.1 Å². The van der Waals surface area contributed by atoms with Gasteiger partial charge in [-0.1, -0.05) is 6.07 Å². The van der Waals surface area contributed by atoms with Crippen molar-refractivity contribution >= 4 is 40.0 Å². The number of hydrogen-bond acceptors (Lipinski definition) is 5. The van der Waals surface area contributed by atoms with E-state index < -0.39 is 0 Å². The number of ether oxygens (including phenoxy) is 1. The highest BCUT2D eigenvalue weighted by molar-refractivity contribution is 7.80. The van der Waals surface area contributed by atoms with Gasteiger partial charge >= 0.3 is 0 Å². The van der Waals surface area contributed by atoms with Gasteiger partial charge in [0.15, 0.2) is 5.11 Å². The largest absolute Gasteiger partial charge is 0.378 e. The molecule has 2 aliphatic heterocycles. The molecule has 0 amide bonds. The molecule has 0 radical (unpaired) electrons. The number of benzene rings is 1. The second-order valence-corrected chi connectivity index (χ2v) is 8.91. The summed E-state index contributed by atoms with van der Waals surface area (Å²) in [5, 5.41) is 6.43. The molecule has 2 aromatic heterocycles. The van der Waals surface area contributed by atoms with Gasteiger partial charge in [0.25, 0.3) is 0 Å². The molecule has 0 unspecified atom stereocenters. The van der Waals surface area contributed by atoms with E-state index in [4.69, 9.17) is 17.0 Å². The first kappa shape index (κ1) is 19.5. The van der Waals surface area contributed by atoms with Gasteiger partial charge in [0.2, 0.25) is 0 Å². The van der Waals surface area contributed by atoms with Crippen molar-refractivity contribution in [2.45, 2.75) is 19.0 Å². The lowest BCUT2D eigenvalue weighted by Gasteiger charge is -2.30. The van der Waals surface area contributed by atoms with Gasteiger partial charge < -0.3 is 19.9 Å². The van der Waals surface area contributed by atoms with E-state index in [0.29, 0.717) is 0 Å². The number of rotatable bonds is 4. The molecule has 2 fully saturated rings. The van der Waals surface area contributed by atoms with E-state index in [2.05, 4.69) is 68.8 Å². The summed E-state index contributed by atoms with van der Waals surface area (Å²) in [4.78, 5) is 10.6. The van der Waals surface area contributed by atoms with Gasteiger partial charge in [0.05, 0.1) is 31.0 Å². The van der Waals surface area contributed by atoms with Crippen LogP contribution in [0.2, 0.25) is 0 Å². The fourth-order valence-electron chi connectivity index (χ4n) is 4.23. The average Bonchev–Trinajstić information content (AvgIpc) is 3.37. The van der Waals surface area contributed by atoms with E-state index in [9.17, 15) is 0 Å². The monoisotopic (exact) mass is 436 g/mol. The molecule has 0 spiro atoms. The number of morpholine rings is 1. The topological polar surface area (TPSA) is 40.6 Å². The lowest BCUT2D eigenvalue weighted by atomic mass is 10.0. The van der Waals surface area contributed by atoms with Crippen LogP contribution >= 0.6 is 23.6 Å². The Labute approximate surface area is 186 Å². The Bertz CT molecular complexity index is 1020. The molecule has 4 heterocycles. The summed E-state index contributed by atoms with van der Waals surface area (Å²) in [5.74, 6) is 0. The lowest BCUT2D eigenvalue weighted by molar-refractivity contribution is 0.122. The van der Waals surface area contributed by atoms with Crippen molar-refractivity contribution < 1.29 is 4.74 Å². The van der Waals surface area contributed by atoms with E-state index in [-0.39, 0.29) is 12.1 Å². The highest BCUT2D eigenvalue weighted by atomic mass is 32.1. The molecule has 3 aromatic rings. The molecule has 2 saturated heterocycles. The Morgan fingerprint density at radius 3 is 2.50 bits per heavy atom. The van der Waals surface area contributed by atoms with Crippen LogP contribution in [0.15, 0.2) is 60.1 Å². The number of pyridine rings is 1. The maximum atomic E-state index is 5.82. The summed E-state index contributed by atoms with van der Waals surface area (Å²) in [7, 11) is 0. The Balaban J connectivity index is 1.51. The standard InChI is InChI=1S/C23H24N4OS2/c1-16-9-15-30-22(16)21-20(19-4-2-3-10-24-19)25-23(29)27(21)18-7-5-17(6-8-18)26-11-13-28-14-12-26/h2-10,15,20-21H,11-14H2,1H3,(H,25,29)/t20-,21+/m1/s1. The third kappa shape index (κ3) is 3.57. The Hall–Kier alpha value is -2.48. The smallest absolute Gasteiger partial charge is 0.174 e. The number of anilines is 2. The molecule has 0 aliphatic carbocycles. The number of hydrogen-bond donors (Lipinski definition) is 1. The second kappa shape index (κ2) is 8.34. The molecule has 2 aliphatic rings. The number of aromatic nitrogens is 1. The van der Waals surface area contributed by atoms with Crippen LogP contribution in [0, 0.1) is 6.92 Å². The van der Waals surface area contributed by atoms with Gasteiger partial charge in [-0.05, 0) is 72.5 Å². The van der Waals surface area contributed by atoms with Crippen LogP contribution in [0.4, 0.5) is 11.4 Å². The zero-order valence-corrected chi connectivity index (χ0v) is 18.5. The van der Waals surface area contributed by atoms with Gasteiger partial charge in [-0.25, -0.2) is 0 Å². The predicted octanol–water partition coefficient (Wildman–Crippen LogP) is 4.47. The van der Waals surface area contributed by atoms with Crippen molar-refractivity contribution in [2.75, 3.05) is 36.1 Å². The number of thiophene rings is 1. The molecule has 0 bridgehead atoms. The van der Waals surface area contributed by atoms with Gasteiger partial charge in [0, 0.05) is 35.5 Å². The van der Waals surface area contributed by atoms with Crippen LogP contribution in [0.5, 0.6) is 0 Å². The number of aryl methyl sites for hydroxylation is 1. The molecule has 5 nitrogen and oxygen atoms in total. The van der Waals surface area contributed by atoms with Crippen molar-refractivity contribution in [3.05, 3.63) is 76.2 Å². The Kier molecular flexibility index (Phi) is 5.41. The number of thiocarbonyl (C=S) groups is 1. The van der Waals surface area contributed by atoms with Crippen molar-refractivity contribution in [2.24, 2.45) is 0 Å². The summed E-state index contributed by atoms with van der Waals surface area (Å²) in [5.41, 5.74) is 4.61. The van der Waals surface area contributed by atoms with Gasteiger partial charge in [-0.3, -0.25) is 4.98 Å². The second-order valence-electron chi connectivity index (χ2n) is 7.58. The molecular weight excluding hydrogens is 412 g/mol. The third-order valence-corrected chi connectivity index (χ3v) is 7.18. The predicted molar refractivity (Wildman–Crippen MR) is 126 cm³/mol. The van der Waals surface area contributed by atoms with Gasteiger partial charge in [-0.2, -0.15) is 0 Å². The first-order chi connectivity index (χ1) is 14.7. The summed E-state index contributed by atoms with van der Waals surface area (Å²) in [6.45, 7) is 5.60. The average molecular weight is 437 g/mol. The van der Waals surface area contributed by atoms with E-state index in [1.807, 2.05) is 18.3 Å². The van der Waals surface area contributed by atoms with Crippen LogP contribution in [-0.4, -0.2) is 36.4 Å². The van der Waals surface area contributed by atoms with Crippen molar-refractivity contribution in [1.29, 1.82) is 0 Å². The molecule has 2 atom stereocenters. The summed E-state index contributed by atoms with van der Waals surface area (Å²) >= 11 is 7.60. The fraction of sp³-hybridized carbons (Fsp3) is 0.304. The van der Waals surface area contributed by atoms with E-state index in [1.54, 1.807) is 11.3 Å². The minimum absolute atomic E-state index is 0.00923. The molecular formula is C23H24N4OS2. The highest BCUT2D eigenvalue weighted by Crippen LogP contribution is 2.44. The maximum absolute atomic E-state index is 5.82. The third-order valence-electron chi connectivity index (χ3n) is 5.77. The van der Waals surface area contributed by atoms with Crippen LogP contribution in [0.25, 0.3) is 0 Å². The zero-order valence-electron chi connectivity index (χ0n) is 16.8. The molecule has 30 heavy (non-hydrogen) atoms. The summed E-state index contributed by atoms with van der Waals surface area (Å²) in [6.07, 6.45) is 1.85. The SMILES string of the molecule is Cc1ccsc1[C@@H]1[C@@H](c2ccccn2)NC(=S)N1c1ccc(N2CCOCC2)cc1. The maximum Gasteiger partial charge on any atom is 0.174 e. The van der Waals surface area contributed by atoms with E-state index in [1.165, 1.54) is 16.1 Å². The van der Waals surface area contributed by atoms with E-state index >= 15 is 0 Å². The van der Waals surface area contributed by atoms with Crippen LogP contribution in [0.3, 0.4) is 0 Å². The molecule has 0 saturated carbocycles. The number of nitrogens with zero attached hydrogens (tertiary/aromatic N) is 3. The van der Waals surface area contributed by atoms with Crippen LogP contribution in [0.1, 0.15) is 28.2 Å². The normalized spacial score (nSPS) is 21.7. The molecule has 154 valence electrons. The van der Waals surface area contributed by atoms with E-state index in [0.717, 1.165) is 42.8 Å². The number of nitrogens with one attached hydrogen (secondary N) is 1. The van der Waals surface area contributed by atoms with Crippen molar-refractivity contribution in [3.63, 3.8) is 0 Å². The quantitative estimate of drug-likeness (QED) is 0.609. The van der Waals surface area contributed by atoms with Crippen molar-refractivity contribution in [1.82, 2.24) is 10.3 Å². The van der Waals surface area contributed by atoms with Crippen molar-refractivity contribution in [3.8, 4) is 0 Å². The van der Waals surface area contributed by atoms with Gasteiger partial charge in [-0.15, -0.1) is 11.3 Å². The molecule has 1 aromatic carbocycles. The summed E-state index contributed by atoms with van der Waals surface area (Å²) in [6, 6.07) is 17.0. The van der Waals surface area contributed by atoms with Gasteiger partial charge in [0.1, 0.15) is 0 Å². The summed E-state index contributed by atoms with van der Waals surface area (Å²) < 4.78 is 5.48. The molecule has 1 N–H and O–H groups in total. The van der Waals surface area contributed by atoms with Crippen LogP contribution in [-0.2, 0) is 4.74 Å². The zero-order chi connectivity index (χ0) is 20.5. The molecule has 5 rings (SSSR count). The lowest BCUT2D eigenvalue weighted by Crippen LogP contribution is -2.36. The fourth-order valence-corrected chi connectivity index (χ4v) is 5.63. The Morgan fingerprint density at radius 2 is 1.83 bits per heavy atom. The first-order valence-electron chi connectivity index (χ1n) is 10.2. The Morgan fingerprint density at radius 1 is 1.07 bits per heavy atom. The first-order valence-corrected chi connectivity index (χ1v) is 11.5.